The van der Waals surface area contributed by atoms with Crippen molar-refractivity contribution in [3.63, 3.8) is 0 Å². The molecule has 1 aromatic carbocycles. The van der Waals surface area contributed by atoms with Crippen LogP contribution in [0.25, 0.3) is 0 Å². The van der Waals surface area contributed by atoms with Crippen molar-refractivity contribution < 1.29 is 0 Å². The molecule has 1 rings (SSSR count). The molecular weight excluding hydrogens is 206 g/mol. The summed E-state index contributed by atoms with van der Waals surface area (Å²) in [6.07, 6.45) is 0. The topological polar surface area (TPSA) is 50.4 Å². The van der Waals surface area contributed by atoms with Gasteiger partial charge in [0.25, 0.3) is 0 Å². The van der Waals surface area contributed by atoms with Crippen molar-refractivity contribution in [2.45, 2.75) is 13.8 Å². The number of nitrogens with two attached hydrogens (primary N) is 1. The van der Waals surface area contributed by atoms with Crippen LogP contribution in [-0.2, 0) is 0 Å². The summed E-state index contributed by atoms with van der Waals surface area (Å²) in [5.41, 5.74) is 9.98. The molecule has 0 aliphatic rings. The van der Waals surface area contributed by atoms with Crippen molar-refractivity contribution in [1.82, 2.24) is 5.43 Å². The van der Waals surface area contributed by atoms with Gasteiger partial charge in [0, 0.05) is 0 Å². The summed E-state index contributed by atoms with van der Waals surface area (Å²) in [7, 11) is 0. The van der Waals surface area contributed by atoms with Gasteiger partial charge in [-0.3, -0.25) is 5.43 Å². The summed E-state index contributed by atoms with van der Waals surface area (Å²) in [5.74, 6) is 0.314. The molecule has 0 fully saturated rings. The number of hydrogen-bond acceptors (Lipinski definition) is 2. The minimum atomic E-state index is 0.184. The van der Waals surface area contributed by atoms with Crippen LogP contribution in [0.3, 0.4) is 0 Å². The Morgan fingerprint density at radius 2 is 1.93 bits per heavy atom. The number of thiocarbonyl (C=S) groups is 1. The van der Waals surface area contributed by atoms with E-state index in [9.17, 15) is 0 Å². The first-order valence-corrected chi connectivity index (χ1v) is 5.20. The Labute approximate surface area is 95.4 Å². The molecule has 0 radical (unpaired) electrons. The van der Waals surface area contributed by atoms with Crippen molar-refractivity contribution in [3.8, 4) is 0 Å². The monoisotopic (exact) mass is 221 g/mol. The van der Waals surface area contributed by atoms with E-state index < -0.39 is 0 Å². The Morgan fingerprint density at radius 3 is 2.40 bits per heavy atom. The number of hydrazone groups is 1. The lowest BCUT2D eigenvalue weighted by atomic mass is 10.0. The maximum absolute atomic E-state index is 5.33. The highest BCUT2D eigenvalue weighted by atomic mass is 32.1. The minimum absolute atomic E-state index is 0.184. The van der Waals surface area contributed by atoms with Crippen LogP contribution >= 0.6 is 12.2 Å². The minimum Gasteiger partial charge on any atom is -0.375 e. The second-order valence-electron chi connectivity index (χ2n) is 3.49. The molecule has 0 aromatic heterocycles. The molecule has 0 spiro atoms. The number of benzene rings is 1. The highest BCUT2D eigenvalue weighted by molar-refractivity contribution is 7.80. The largest absolute Gasteiger partial charge is 0.375 e. The zero-order valence-corrected chi connectivity index (χ0v) is 9.71. The lowest BCUT2D eigenvalue weighted by Crippen LogP contribution is -2.26. The van der Waals surface area contributed by atoms with Crippen molar-refractivity contribution in [2.75, 3.05) is 0 Å². The average Bonchev–Trinajstić information content (AvgIpc) is 2.18. The van der Waals surface area contributed by atoms with Gasteiger partial charge in [-0.25, -0.2) is 0 Å². The van der Waals surface area contributed by atoms with Crippen LogP contribution in [0.5, 0.6) is 0 Å². The van der Waals surface area contributed by atoms with E-state index in [1.54, 1.807) is 0 Å². The van der Waals surface area contributed by atoms with E-state index in [0.717, 1.165) is 11.3 Å². The van der Waals surface area contributed by atoms with Gasteiger partial charge in [0.15, 0.2) is 5.11 Å². The summed E-state index contributed by atoms with van der Waals surface area (Å²) in [6, 6.07) is 9.96. The van der Waals surface area contributed by atoms with Gasteiger partial charge in [-0.1, -0.05) is 44.2 Å². The van der Waals surface area contributed by atoms with Gasteiger partial charge in [0.05, 0.1) is 5.71 Å². The van der Waals surface area contributed by atoms with Crippen LogP contribution in [-0.4, -0.2) is 10.8 Å². The van der Waals surface area contributed by atoms with Gasteiger partial charge in [0.1, 0.15) is 0 Å². The fourth-order valence-corrected chi connectivity index (χ4v) is 1.30. The number of hydrogen-bond donors (Lipinski definition) is 2. The van der Waals surface area contributed by atoms with Crippen LogP contribution in [0.15, 0.2) is 35.4 Å². The van der Waals surface area contributed by atoms with Crippen LogP contribution < -0.4 is 11.2 Å². The van der Waals surface area contributed by atoms with E-state index in [2.05, 4.69) is 24.4 Å². The van der Waals surface area contributed by atoms with Gasteiger partial charge in [-0.05, 0) is 23.7 Å². The lowest BCUT2D eigenvalue weighted by Gasteiger charge is -2.10. The van der Waals surface area contributed by atoms with Crippen molar-refractivity contribution in [3.05, 3.63) is 35.9 Å². The Balaban J connectivity index is 2.93. The molecule has 4 heteroatoms. The molecule has 0 unspecified atom stereocenters. The van der Waals surface area contributed by atoms with Gasteiger partial charge in [0.2, 0.25) is 0 Å². The molecule has 3 nitrogen and oxygen atoms in total. The number of nitrogens with zero attached hydrogens (tertiary/aromatic N) is 1. The molecule has 80 valence electrons. The zero-order valence-electron chi connectivity index (χ0n) is 8.90. The SMILES string of the molecule is CC(C)/C(=N\NC(N)=S)c1ccccc1. The third-order valence-corrected chi connectivity index (χ3v) is 1.99. The van der Waals surface area contributed by atoms with E-state index >= 15 is 0 Å². The Morgan fingerprint density at radius 1 is 1.33 bits per heavy atom. The highest BCUT2D eigenvalue weighted by Crippen LogP contribution is 2.08. The van der Waals surface area contributed by atoms with E-state index in [4.69, 9.17) is 18.0 Å². The van der Waals surface area contributed by atoms with E-state index in [0.29, 0.717) is 5.92 Å². The average molecular weight is 221 g/mol. The molecule has 0 saturated heterocycles. The third-order valence-electron chi connectivity index (χ3n) is 1.90. The van der Waals surface area contributed by atoms with Crippen molar-refractivity contribution in [1.29, 1.82) is 0 Å². The normalized spacial score (nSPS) is 11.5. The molecule has 0 saturated carbocycles. The summed E-state index contributed by atoms with van der Waals surface area (Å²) < 4.78 is 0. The Hall–Kier alpha value is -1.42. The van der Waals surface area contributed by atoms with Crippen LogP contribution in [0, 0.1) is 5.92 Å². The summed E-state index contributed by atoms with van der Waals surface area (Å²) >= 11 is 4.71. The standard InChI is InChI=1S/C11H15N3S/c1-8(2)10(13-14-11(12)15)9-6-4-3-5-7-9/h3-8H,1-2H3,(H3,12,14,15)/b13-10+. The molecule has 0 bridgehead atoms. The fourth-order valence-electron chi connectivity index (χ4n) is 1.25. The van der Waals surface area contributed by atoms with Crippen molar-refractivity contribution in [2.24, 2.45) is 16.8 Å². The summed E-state index contributed by atoms with van der Waals surface area (Å²) in [6.45, 7) is 4.15. The van der Waals surface area contributed by atoms with Crippen molar-refractivity contribution >= 4 is 23.0 Å². The number of rotatable bonds is 3. The molecular formula is C11H15N3S. The first kappa shape index (κ1) is 11.7. The smallest absolute Gasteiger partial charge is 0.184 e. The quantitative estimate of drug-likeness (QED) is 0.465. The van der Waals surface area contributed by atoms with Gasteiger partial charge in [-0.15, -0.1) is 0 Å². The highest BCUT2D eigenvalue weighted by Gasteiger charge is 2.07. The molecule has 0 amide bonds. The first-order chi connectivity index (χ1) is 7.11. The van der Waals surface area contributed by atoms with Gasteiger partial charge < -0.3 is 5.73 Å². The zero-order chi connectivity index (χ0) is 11.3. The second kappa shape index (κ2) is 5.46. The first-order valence-electron chi connectivity index (χ1n) is 4.79. The lowest BCUT2D eigenvalue weighted by molar-refractivity contribution is 0.860. The fraction of sp³-hybridized carbons (Fsp3) is 0.273. The van der Waals surface area contributed by atoms with Gasteiger partial charge >= 0.3 is 0 Å². The van der Waals surface area contributed by atoms with E-state index in [-0.39, 0.29) is 5.11 Å². The summed E-state index contributed by atoms with van der Waals surface area (Å²) in [4.78, 5) is 0. The predicted molar refractivity (Wildman–Crippen MR) is 67.7 cm³/mol. The predicted octanol–water partition coefficient (Wildman–Crippen LogP) is 1.88. The Kier molecular flexibility index (Phi) is 4.24. The summed E-state index contributed by atoms with van der Waals surface area (Å²) in [5, 5.41) is 4.38. The Bertz CT molecular complexity index is 357. The van der Waals surface area contributed by atoms with Crippen LogP contribution in [0.1, 0.15) is 19.4 Å². The molecule has 0 aliphatic heterocycles. The maximum atomic E-state index is 5.33. The molecule has 0 atom stereocenters. The third kappa shape index (κ3) is 3.67. The second-order valence-corrected chi connectivity index (χ2v) is 3.93. The maximum Gasteiger partial charge on any atom is 0.184 e. The number of nitrogens with one attached hydrogen (secondary N) is 1. The van der Waals surface area contributed by atoms with Crippen LogP contribution in [0.4, 0.5) is 0 Å². The molecule has 0 heterocycles. The van der Waals surface area contributed by atoms with E-state index in [1.807, 2.05) is 30.3 Å². The van der Waals surface area contributed by atoms with Crippen LogP contribution in [0.2, 0.25) is 0 Å². The molecule has 1 aromatic rings. The molecule has 15 heavy (non-hydrogen) atoms. The van der Waals surface area contributed by atoms with E-state index in [1.165, 1.54) is 0 Å². The molecule has 3 N–H and O–H groups in total. The molecule has 0 aliphatic carbocycles. The van der Waals surface area contributed by atoms with Gasteiger partial charge in [-0.2, -0.15) is 5.10 Å².